The molecule has 0 atom stereocenters. The quantitative estimate of drug-likeness (QED) is 0.800. The normalized spacial score (nSPS) is 10.6. The van der Waals surface area contributed by atoms with Gasteiger partial charge in [-0.05, 0) is 40.3 Å². The Bertz CT molecular complexity index is 814. The SMILES string of the molecule is O=C(O)c1ccc(Cn2nnnc2-c2cccc(Cl)c2)cc1. The van der Waals surface area contributed by atoms with Crippen LogP contribution in [0.25, 0.3) is 11.4 Å². The summed E-state index contributed by atoms with van der Waals surface area (Å²) in [5.74, 6) is -0.349. The van der Waals surface area contributed by atoms with Gasteiger partial charge in [0.1, 0.15) is 0 Å². The molecular formula is C15H11ClN4O2. The minimum absolute atomic E-state index is 0.246. The van der Waals surface area contributed by atoms with Gasteiger partial charge >= 0.3 is 5.97 Å². The van der Waals surface area contributed by atoms with E-state index in [2.05, 4.69) is 15.5 Å². The van der Waals surface area contributed by atoms with Crippen molar-refractivity contribution >= 4 is 17.6 Å². The van der Waals surface area contributed by atoms with Crippen LogP contribution in [0, 0.1) is 0 Å². The lowest BCUT2D eigenvalue weighted by Gasteiger charge is -2.05. The number of aromatic nitrogens is 4. The highest BCUT2D eigenvalue weighted by Crippen LogP contribution is 2.20. The van der Waals surface area contributed by atoms with Crippen LogP contribution < -0.4 is 0 Å². The number of hydrogen-bond donors (Lipinski definition) is 1. The number of tetrazole rings is 1. The standard InChI is InChI=1S/C15H11ClN4O2/c16-13-3-1-2-12(8-13)14-17-18-19-20(14)9-10-4-6-11(7-5-10)15(21)22/h1-8H,9H2,(H,21,22). The zero-order chi connectivity index (χ0) is 15.5. The van der Waals surface area contributed by atoms with Gasteiger partial charge in [-0.1, -0.05) is 35.9 Å². The van der Waals surface area contributed by atoms with Crippen LogP contribution in [0.15, 0.2) is 48.5 Å². The second-order valence-corrected chi connectivity index (χ2v) is 5.11. The zero-order valence-electron chi connectivity index (χ0n) is 11.3. The summed E-state index contributed by atoms with van der Waals surface area (Å²) in [6.07, 6.45) is 0. The number of carboxylic acids is 1. The maximum Gasteiger partial charge on any atom is 0.335 e. The first kappa shape index (κ1) is 14.2. The summed E-state index contributed by atoms with van der Waals surface area (Å²) >= 11 is 5.99. The smallest absolute Gasteiger partial charge is 0.335 e. The fourth-order valence-electron chi connectivity index (χ4n) is 2.07. The van der Waals surface area contributed by atoms with Gasteiger partial charge in [0, 0.05) is 10.6 Å². The highest BCUT2D eigenvalue weighted by Gasteiger charge is 2.10. The molecule has 0 spiro atoms. The highest BCUT2D eigenvalue weighted by atomic mass is 35.5. The number of carbonyl (C=O) groups is 1. The Kier molecular flexibility index (Phi) is 3.84. The van der Waals surface area contributed by atoms with E-state index >= 15 is 0 Å². The van der Waals surface area contributed by atoms with Crippen LogP contribution >= 0.6 is 11.6 Å². The molecule has 0 saturated heterocycles. The minimum atomic E-state index is -0.950. The molecule has 0 bridgehead atoms. The third kappa shape index (κ3) is 2.96. The first-order valence-electron chi connectivity index (χ1n) is 6.48. The maximum absolute atomic E-state index is 10.9. The molecule has 0 aliphatic heterocycles. The number of rotatable bonds is 4. The van der Waals surface area contributed by atoms with Crippen molar-refractivity contribution in [1.29, 1.82) is 0 Å². The van der Waals surface area contributed by atoms with Crippen LogP contribution in [-0.4, -0.2) is 31.3 Å². The van der Waals surface area contributed by atoms with Crippen LogP contribution in [0.4, 0.5) is 0 Å². The van der Waals surface area contributed by atoms with Crippen molar-refractivity contribution in [3.63, 3.8) is 0 Å². The predicted octanol–water partition coefficient (Wildman–Crippen LogP) is 2.74. The molecule has 0 radical (unpaired) electrons. The molecule has 0 aliphatic carbocycles. The Morgan fingerprint density at radius 2 is 1.95 bits per heavy atom. The Labute approximate surface area is 131 Å². The van der Waals surface area contributed by atoms with Gasteiger partial charge in [-0.2, -0.15) is 0 Å². The summed E-state index contributed by atoms with van der Waals surface area (Å²) < 4.78 is 1.64. The van der Waals surface area contributed by atoms with Gasteiger partial charge in [-0.3, -0.25) is 0 Å². The first-order valence-corrected chi connectivity index (χ1v) is 6.85. The van der Waals surface area contributed by atoms with Crippen LogP contribution in [0.2, 0.25) is 5.02 Å². The molecule has 3 aromatic rings. The van der Waals surface area contributed by atoms with Crippen LogP contribution in [0.1, 0.15) is 15.9 Å². The van der Waals surface area contributed by atoms with Crippen LogP contribution in [-0.2, 0) is 6.54 Å². The lowest BCUT2D eigenvalue weighted by molar-refractivity contribution is 0.0697. The van der Waals surface area contributed by atoms with Crippen molar-refractivity contribution in [3.05, 3.63) is 64.7 Å². The van der Waals surface area contributed by atoms with Gasteiger partial charge in [0.15, 0.2) is 5.82 Å². The van der Waals surface area contributed by atoms with Crippen molar-refractivity contribution in [2.45, 2.75) is 6.54 Å². The van der Waals surface area contributed by atoms with E-state index in [1.54, 1.807) is 41.1 Å². The van der Waals surface area contributed by atoms with Crippen molar-refractivity contribution in [3.8, 4) is 11.4 Å². The van der Waals surface area contributed by atoms with Gasteiger partial charge in [0.2, 0.25) is 0 Å². The molecule has 0 fully saturated rings. The van der Waals surface area contributed by atoms with Gasteiger partial charge < -0.3 is 5.11 Å². The predicted molar refractivity (Wildman–Crippen MR) is 80.8 cm³/mol. The molecule has 0 aliphatic rings. The van der Waals surface area contributed by atoms with E-state index in [-0.39, 0.29) is 5.56 Å². The van der Waals surface area contributed by atoms with E-state index in [1.807, 2.05) is 12.1 Å². The molecule has 1 aromatic heterocycles. The molecule has 110 valence electrons. The summed E-state index contributed by atoms with van der Waals surface area (Å²) in [5.41, 5.74) is 1.97. The van der Waals surface area contributed by atoms with Crippen LogP contribution in [0.5, 0.6) is 0 Å². The Morgan fingerprint density at radius 1 is 1.18 bits per heavy atom. The van der Waals surface area contributed by atoms with Gasteiger partial charge in [-0.15, -0.1) is 5.10 Å². The lowest BCUT2D eigenvalue weighted by Crippen LogP contribution is -2.05. The van der Waals surface area contributed by atoms with Crippen molar-refractivity contribution in [1.82, 2.24) is 20.2 Å². The minimum Gasteiger partial charge on any atom is -0.478 e. The van der Waals surface area contributed by atoms with Crippen LogP contribution in [0.3, 0.4) is 0 Å². The molecule has 1 N–H and O–H groups in total. The third-order valence-corrected chi connectivity index (χ3v) is 3.38. The van der Waals surface area contributed by atoms with Gasteiger partial charge in [0.25, 0.3) is 0 Å². The number of carboxylic acid groups (broad SMARTS) is 1. The lowest BCUT2D eigenvalue weighted by atomic mass is 10.1. The van der Waals surface area contributed by atoms with Crippen molar-refractivity contribution in [2.75, 3.05) is 0 Å². The van der Waals surface area contributed by atoms with E-state index in [9.17, 15) is 4.79 Å². The fraction of sp³-hybridized carbons (Fsp3) is 0.0667. The molecule has 6 nitrogen and oxygen atoms in total. The number of nitrogens with zero attached hydrogens (tertiary/aromatic N) is 4. The zero-order valence-corrected chi connectivity index (χ0v) is 12.1. The molecule has 7 heteroatoms. The largest absolute Gasteiger partial charge is 0.478 e. The highest BCUT2D eigenvalue weighted by molar-refractivity contribution is 6.30. The number of aromatic carboxylic acids is 1. The second kappa shape index (κ2) is 5.95. The molecule has 1 heterocycles. The monoisotopic (exact) mass is 314 g/mol. The first-order chi connectivity index (χ1) is 10.6. The fourth-order valence-corrected chi connectivity index (χ4v) is 2.26. The topological polar surface area (TPSA) is 80.9 Å². The number of benzene rings is 2. The maximum atomic E-state index is 10.9. The van der Waals surface area contributed by atoms with Crippen molar-refractivity contribution < 1.29 is 9.90 Å². The molecule has 22 heavy (non-hydrogen) atoms. The number of halogens is 1. The summed E-state index contributed by atoms with van der Waals surface area (Å²) in [6.45, 7) is 0.439. The van der Waals surface area contributed by atoms with E-state index in [0.29, 0.717) is 17.4 Å². The molecular weight excluding hydrogens is 304 g/mol. The summed E-state index contributed by atoms with van der Waals surface area (Å²) in [7, 11) is 0. The average molecular weight is 315 g/mol. The van der Waals surface area contributed by atoms with E-state index in [1.165, 1.54) is 0 Å². The summed E-state index contributed by atoms with van der Waals surface area (Å²) in [5, 5.41) is 21.2. The van der Waals surface area contributed by atoms with E-state index in [4.69, 9.17) is 16.7 Å². The Hall–Kier alpha value is -2.73. The van der Waals surface area contributed by atoms with E-state index in [0.717, 1.165) is 11.1 Å². The molecule has 2 aromatic carbocycles. The third-order valence-electron chi connectivity index (χ3n) is 3.15. The summed E-state index contributed by atoms with van der Waals surface area (Å²) in [6, 6.07) is 13.9. The molecule has 0 saturated carbocycles. The Balaban J connectivity index is 1.88. The van der Waals surface area contributed by atoms with E-state index < -0.39 is 5.97 Å². The molecule has 3 rings (SSSR count). The van der Waals surface area contributed by atoms with Gasteiger partial charge in [0.05, 0.1) is 12.1 Å². The van der Waals surface area contributed by atoms with Crippen molar-refractivity contribution in [2.24, 2.45) is 0 Å². The average Bonchev–Trinajstić information content (AvgIpc) is 2.96. The summed E-state index contributed by atoms with van der Waals surface area (Å²) in [4.78, 5) is 10.9. The number of hydrogen-bond acceptors (Lipinski definition) is 4. The molecule has 0 amide bonds. The van der Waals surface area contributed by atoms with Gasteiger partial charge in [-0.25, -0.2) is 9.48 Å². The molecule has 0 unspecified atom stereocenters. The Morgan fingerprint density at radius 3 is 2.64 bits per heavy atom. The second-order valence-electron chi connectivity index (χ2n) is 4.67.